The number of aromatic carboxylic acids is 1. The molecule has 0 aliphatic heterocycles. The zero-order valence-corrected chi connectivity index (χ0v) is 12.7. The second kappa shape index (κ2) is 5.88. The van der Waals surface area contributed by atoms with E-state index in [0.717, 1.165) is 16.5 Å². The fraction of sp³-hybridized carbons (Fsp3) is 0.0714. The van der Waals surface area contributed by atoms with E-state index in [1.807, 2.05) is 31.2 Å². The van der Waals surface area contributed by atoms with Gasteiger partial charge in [-0.15, -0.1) is 0 Å². The van der Waals surface area contributed by atoms with Gasteiger partial charge in [-0.3, -0.25) is 0 Å². The number of carboxylic acids is 1. The maximum Gasteiger partial charge on any atom is 0.336 e. The molecule has 0 fully saturated rings. The molecule has 3 N–H and O–H groups in total. The van der Waals surface area contributed by atoms with Gasteiger partial charge in [-0.25, -0.2) is 18.4 Å². The Morgan fingerprint density at radius 2 is 1.76 bits per heavy atom. The summed E-state index contributed by atoms with van der Waals surface area (Å²) in [6, 6.07) is 11.4. The van der Waals surface area contributed by atoms with Crippen LogP contribution in [0.1, 0.15) is 15.9 Å². The zero-order valence-electron chi connectivity index (χ0n) is 11.1. The van der Waals surface area contributed by atoms with E-state index in [2.05, 4.69) is 0 Å². The predicted molar refractivity (Wildman–Crippen MR) is 80.1 cm³/mol. The van der Waals surface area contributed by atoms with Crippen LogP contribution in [0.25, 0.3) is 0 Å². The topological polar surface area (TPSA) is 97.5 Å². The third-order valence-corrected chi connectivity index (χ3v) is 4.75. The Morgan fingerprint density at radius 3 is 2.29 bits per heavy atom. The molecule has 110 valence electrons. The third-order valence-electron chi connectivity index (χ3n) is 2.76. The number of primary sulfonamides is 1. The lowest BCUT2D eigenvalue weighted by molar-refractivity contribution is 0.0693. The fourth-order valence-corrected chi connectivity index (χ4v) is 3.13. The summed E-state index contributed by atoms with van der Waals surface area (Å²) in [5, 5.41) is 14.2. The predicted octanol–water partition coefficient (Wildman–Crippen LogP) is 2.49. The molecule has 0 heterocycles. The van der Waals surface area contributed by atoms with Crippen LogP contribution in [-0.4, -0.2) is 19.5 Å². The van der Waals surface area contributed by atoms with Crippen molar-refractivity contribution in [1.29, 1.82) is 0 Å². The highest BCUT2D eigenvalue weighted by atomic mass is 32.2. The van der Waals surface area contributed by atoms with Gasteiger partial charge in [0.05, 0.1) is 10.5 Å². The van der Waals surface area contributed by atoms with Gasteiger partial charge in [0.2, 0.25) is 10.0 Å². The lowest BCUT2D eigenvalue weighted by atomic mass is 10.2. The van der Waals surface area contributed by atoms with Gasteiger partial charge in [-0.05, 0) is 37.3 Å². The first-order chi connectivity index (χ1) is 9.77. The number of sulfonamides is 1. The zero-order chi connectivity index (χ0) is 15.6. The average Bonchev–Trinajstić information content (AvgIpc) is 2.40. The molecule has 0 amide bonds. The Bertz CT molecular complexity index is 783. The number of carboxylic acid groups (broad SMARTS) is 1. The first kappa shape index (κ1) is 15.6. The molecule has 0 saturated carbocycles. The molecule has 0 bridgehead atoms. The van der Waals surface area contributed by atoms with Gasteiger partial charge in [0, 0.05) is 9.79 Å². The van der Waals surface area contributed by atoms with Gasteiger partial charge in [0.25, 0.3) is 0 Å². The second-order valence-corrected chi connectivity index (χ2v) is 7.10. The van der Waals surface area contributed by atoms with Crippen LogP contribution < -0.4 is 5.14 Å². The van der Waals surface area contributed by atoms with Gasteiger partial charge in [0.1, 0.15) is 0 Å². The van der Waals surface area contributed by atoms with Crippen molar-refractivity contribution < 1.29 is 18.3 Å². The van der Waals surface area contributed by atoms with E-state index >= 15 is 0 Å². The maximum atomic E-state index is 11.3. The summed E-state index contributed by atoms with van der Waals surface area (Å²) in [6.07, 6.45) is 0. The molecule has 0 aliphatic rings. The van der Waals surface area contributed by atoms with Gasteiger partial charge >= 0.3 is 5.97 Å². The first-order valence-corrected chi connectivity index (χ1v) is 8.28. The maximum absolute atomic E-state index is 11.3. The molecule has 0 aromatic heterocycles. The average molecular weight is 323 g/mol. The lowest BCUT2D eigenvalue weighted by Gasteiger charge is -2.08. The second-order valence-electron chi connectivity index (χ2n) is 4.42. The van der Waals surface area contributed by atoms with Crippen LogP contribution >= 0.6 is 11.8 Å². The molecule has 2 aromatic rings. The van der Waals surface area contributed by atoms with Crippen LogP contribution in [0.4, 0.5) is 0 Å². The Kier molecular flexibility index (Phi) is 4.36. The van der Waals surface area contributed by atoms with Crippen molar-refractivity contribution >= 4 is 27.8 Å². The number of aryl methyl sites for hydroxylation is 1. The van der Waals surface area contributed by atoms with E-state index in [1.165, 1.54) is 23.9 Å². The summed E-state index contributed by atoms with van der Waals surface area (Å²) >= 11 is 1.25. The Hall–Kier alpha value is -1.83. The van der Waals surface area contributed by atoms with E-state index in [1.54, 1.807) is 0 Å². The van der Waals surface area contributed by atoms with Crippen molar-refractivity contribution in [1.82, 2.24) is 0 Å². The van der Waals surface area contributed by atoms with Gasteiger partial charge < -0.3 is 5.11 Å². The van der Waals surface area contributed by atoms with Crippen molar-refractivity contribution in [3.05, 3.63) is 53.6 Å². The Balaban J connectivity index is 2.44. The summed E-state index contributed by atoms with van der Waals surface area (Å²) in [5.41, 5.74) is 1.01. The van der Waals surface area contributed by atoms with Crippen molar-refractivity contribution in [2.45, 2.75) is 21.6 Å². The smallest absolute Gasteiger partial charge is 0.336 e. The van der Waals surface area contributed by atoms with E-state index in [4.69, 9.17) is 5.14 Å². The van der Waals surface area contributed by atoms with E-state index in [-0.39, 0.29) is 10.5 Å². The molecule has 2 rings (SSSR count). The number of carbonyl (C=O) groups is 1. The van der Waals surface area contributed by atoms with Crippen molar-refractivity contribution in [3.8, 4) is 0 Å². The molecular weight excluding hydrogens is 310 g/mol. The minimum atomic E-state index is -3.93. The monoisotopic (exact) mass is 323 g/mol. The minimum absolute atomic E-state index is 0.0906. The van der Waals surface area contributed by atoms with Crippen LogP contribution in [0.15, 0.2) is 57.2 Å². The highest BCUT2D eigenvalue weighted by Gasteiger charge is 2.16. The van der Waals surface area contributed by atoms with E-state index in [0.29, 0.717) is 4.90 Å². The van der Waals surface area contributed by atoms with Crippen LogP contribution in [0.5, 0.6) is 0 Å². The van der Waals surface area contributed by atoms with Gasteiger partial charge in [-0.1, -0.05) is 29.5 Å². The van der Waals surface area contributed by atoms with Gasteiger partial charge in [-0.2, -0.15) is 0 Å². The fourth-order valence-electron chi connectivity index (χ4n) is 1.68. The third kappa shape index (κ3) is 3.84. The highest BCUT2D eigenvalue weighted by Crippen LogP contribution is 2.31. The highest BCUT2D eigenvalue weighted by molar-refractivity contribution is 7.99. The summed E-state index contributed by atoms with van der Waals surface area (Å²) in [4.78, 5) is 12.4. The summed E-state index contributed by atoms with van der Waals surface area (Å²) in [5.74, 6) is -1.20. The van der Waals surface area contributed by atoms with Gasteiger partial charge in [0.15, 0.2) is 0 Å². The van der Waals surface area contributed by atoms with Crippen molar-refractivity contribution in [2.24, 2.45) is 5.14 Å². The molecule has 0 spiro atoms. The number of benzene rings is 2. The minimum Gasteiger partial charge on any atom is -0.478 e. The molecule has 0 aliphatic carbocycles. The quantitative estimate of drug-likeness (QED) is 0.901. The Morgan fingerprint density at radius 1 is 1.14 bits per heavy atom. The lowest BCUT2D eigenvalue weighted by Crippen LogP contribution is -2.13. The Labute approximate surface area is 126 Å². The van der Waals surface area contributed by atoms with E-state index < -0.39 is 16.0 Å². The molecule has 0 saturated heterocycles. The first-order valence-electron chi connectivity index (χ1n) is 5.92. The number of nitrogens with two attached hydrogens (primary N) is 1. The standard InChI is InChI=1S/C14H13NO4S2/c1-9-2-4-10(5-3-9)20-13-7-6-11(21(15,18)19)8-12(13)14(16)17/h2-8H,1H3,(H,16,17)(H2,15,18,19). The largest absolute Gasteiger partial charge is 0.478 e. The normalized spacial score (nSPS) is 11.3. The summed E-state index contributed by atoms with van der Waals surface area (Å²) < 4.78 is 22.6. The molecular formula is C14H13NO4S2. The molecule has 0 radical (unpaired) electrons. The summed E-state index contributed by atoms with van der Waals surface area (Å²) in [7, 11) is -3.93. The SMILES string of the molecule is Cc1ccc(Sc2ccc(S(N)(=O)=O)cc2C(=O)O)cc1. The van der Waals surface area contributed by atoms with Crippen molar-refractivity contribution in [3.63, 3.8) is 0 Å². The van der Waals surface area contributed by atoms with Crippen LogP contribution in [0.3, 0.4) is 0 Å². The molecule has 7 heteroatoms. The molecule has 0 atom stereocenters. The van der Waals surface area contributed by atoms with Crippen molar-refractivity contribution in [2.75, 3.05) is 0 Å². The molecule has 5 nitrogen and oxygen atoms in total. The van der Waals surface area contributed by atoms with Crippen LogP contribution in [0.2, 0.25) is 0 Å². The van der Waals surface area contributed by atoms with Crippen LogP contribution in [0, 0.1) is 6.92 Å². The van der Waals surface area contributed by atoms with Crippen LogP contribution in [-0.2, 0) is 10.0 Å². The number of rotatable bonds is 4. The number of hydrogen-bond donors (Lipinski definition) is 2. The molecule has 2 aromatic carbocycles. The summed E-state index contributed by atoms with van der Waals surface area (Å²) in [6.45, 7) is 1.96. The molecule has 21 heavy (non-hydrogen) atoms. The van der Waals surface area contributed by atoms with E-state index in [9.17, 15) is 18.3 Å². The molecule has 0 unspecified atom stereocenters. The number of hydrogen-bond acceptors (Lipinski definition) is 4.